The minimum Gasteiger partial charge on any atom is -0.493 e. The summed E-state index contributed by atoms with van der Waals surface area (Å²) in [6.45, 7) is 5.33. The number of hydrogen-bond acceptors (Lipinski definition) is 4. The van der Waals surface area contributed by atoms with Crippen LogP contribution in [0.15, 0.2) is 18.2 Å². The fourth-order valence-corrected chi connectivity index (χ4v) is 2.29. The van der Waals surface area contributed by atoms with E-state index in [9.17, 15) is 4.79 Å². The molecule has 0 aromatic heterocycles. The van der Waals surface area contributed by atoms with Crippen molar-refractivity contribution < 1.29 is 14.3 Å². The largest absolute Gasteiger partial charge is 0.493 e. The van der Waals surface area contributed by atoms with Crippen LogP contribution in [-0.4, -0.2) is 24.7 Å². The summed E-state index contributed by atoms with van der Waals surface area (Å²) in [6, 6.07) is 5.74. The Hall–Kier alpha value is -1.82. The molecule has 1 aromatic rings. The average Bonchev–Trinajstić information content (AvgIpc) is 2.58. The highest BCUT2D eigenvalue weighted by atomic mass is 32.1. The molecule has 0 saturated carbocycles. The second-order valence-electron chi connectivity index (χ2n) is 5.52. The van der Waals surface area contributed by atoms with Crippen LogP contribution in [0, 0.1) is 0 Å². The lowest BCUT2D eigenvalue weighted by atomic mass is 10.2. The van der Waals surface area contributed by atoms with Gasteiger partial charge in [-0.05, 0) is 42.8 Å². The molecule has 5 nitrogen and oxygen atoms in total. The Morgan fingerprint density at radius 1 is 1.17 bits per heavy atom. The van der Waals surface area contributed by atoms with Crippen molar-refractivity contribution in [3.8, 4) is 11.5 Å². The van der Waals surface area contributed by atoms with Crippen LogP contribution in [0.1, 0.15) is 51.5 Å². The van der Waals surface area contributed by atoms with Gasteiger partial charge in [-0.25, -0.2) is 0 Å². The van der Waals surface area contributed by atoms with Gasteiger partial charge in [-0.1, -0.05) is 32.8 Å². The van der Waals surface area contributed by atoms with E-state index in [1.807, 2.05) is 18.2 Å². The molecule has 0 aliphatic heterocycles. The van der Waals surface area contributed by atoms with Crippen molar-refractivity contribution in [2.45, 2.75) is 52.5 Å². The molecule has 0 unspecified atom stereocenters. The van der Waals surface area contributed by atoms with Crippen LogP contribution in [0.3, 0.4) is 0 Å². The van der Waals surface area contributed by atoms with Gasteiger partial charge in [0.05, 0.1) is 13.7 Å². The zero-order valence-corrected chi connectivity index (χ0v) is 15.6. The molecule has 0 bridgehead atoms. The maximum absolute atomic E-state index is 11.7. The third kappa shape index (κ3) is 7.64. The van der Waals surface area contributed by atoms with Gasteiger partial charge in [0.25, 0.3) is 0 Å². The van der Waals surface area contributed by atoms with Crippen molar-refractivity contribution >= 4 is 23.2 Å². The molecule has 6 heteroatoms. The van der Waals surface area contributed by atoms with Gasteiger partial charge in [0.2, 0.25) is 5.91 Å². The molecule has 134 valence electrons. The number of thiocarbonyl (C=S) groups is 1. The van der Waals surface area contributed by atoms with Gasteiger partial charge in [-0.3, -0.25) is 4.79 Å². The van der Waals surface area contributed by atoms with Crippen LogP contribution in [-0.2, 0) is 11.3 Å². The van der Waals surface area contributed by atoms with E-state index >= 15 is 0 Å². The monoisotopic (exact) mass is 352 g/mol. The number of rotatable bonds is 10. The summed E-state index contributed by atoms with van der Waals surface area (Å²) in [4.78, 5) is 11.7. The molecule has 0 saturated heterocycles. The molecule has 1 aromatic carbocycles. The first-order chi connectivity index (χ1) is 11.6. The molecular weight excluding hydrogens is 324 g/mol. The van der Waals surface area contributed by atoms with Gasteiger partial charge in [-0.15, -0.1) is 0 Å². The Morgan fingerprint density at radius 3 is 2.62 bits per heavy atom. The SMILES string of the molecule is CCCCCC(=O)NC(=S)NCc1ccc(OCCC)c(OC)c1. The first-order valence-electron chi connectivity index (χ1n) is 8.48. The number of methoxy groups -OCH3 is 1. The van der Waals surface area contributed by atoms with Crippen LogP contribution in [0.25, 0.3) is 0 Å². The predicted octanol–water partition coefficient (Wildman–Crippen LogP) is 3.56. The molecule has 0 fully saturated rings. The average molecular weight is 353 g/mol. The highest BCUT2D eigenvalue weighted by molar-refractivity contribution is 7.80. The van der Waals surface area contributed by atoms with Gasteiger partial charge in [0.15, 0.2) is 16.6 Å². The molecule has 0 spiro atoms. The topological polar surface area (TPSA) is 59.6 Å². The number of hydrogen-bond donors (Lipinski definition) is 2. The van der Waals surface area contributed by atoms with E-state index < -0.39 is 0 Å². The third-order valence-electron chi connectivity index (χ3n) is 3.40. The molecule has 2 N–H and O–H groups in total. The van der Waals surface area contributed by atoms with E-state index in [1.165, 1.54) is 0 Å². The van der Waals surface area contributed by atoms with Crippen molar-refractivity contribution in [1.82, 2.24) is 10.6 Å². The fraction of sp³-hybridized carbons (Fsp3) is 0.556. The molecule has 24 heavy (non-hydrogen) atoms. The van der Waals surface area contributed by atoms with Crippen molar-refractivity contribution in [1.29, 1.82) is 0 Å². The summed E-state index contributed by atoms with van der Waals surface area (Å²) in [5.74, 6) is 1.38. The molecule has 0 atom stereocenters. The lowest BCUT2D eigenvalue weighted by Crippen LogP contribution is -2.38. The molecule has 0 aliphatic rings. The van der Waals surface area contributed by atoms with Gasteiger partial charge in [-0.2, -0.15) is 0 Å². The molecular formula is C18H28N2O3S. The van der Waals surface area contributed by atoms with Gasteiger partial charge in [0, 0.05) is 13.0 Å². The van der Waals surface area contributed by atoms with Crippen molar-refractivity contribution in [3.63, 3.8) is 0 Å². The number of amides is 1. The normalized spacial score (nSPS) is 10.1. The highest BCUT2D eigenvalue weighted by Crippen LogP contribution is 2.28. The van der Waals surface area contributed by atoms with Crippen LogP contribution in [0.4, 0.5) is 0 Å². The lowest BCUT2D eigenvalue weighted by Gasteiger charge is -2.13. The second kappa shape index (κ2) is 11.7. The summed E-state index contributed by atoms with van der Waals surface area (Å²) in [5.41, 5.74) is 0.998. The summed E-state index contributed by atoms with van der Waals surface area (Å²) in [7, 11) is 1.62. The number of benzene rings is 1. The van der Waals surface area contributed by atoms with E-state index in [-0.39, 0.29) is 5.91 Å². The molecule has 0 radical (unpaired) electrons. The van der Waals surface area contributed by atoms with E-state index in [2.05, 4.69) is 24.5 Å². The zero-order valence-electron chi connectivity index (χ0n) is 14.8. The Balaban J connectivity index is 2.46. The van der Waals surface area contributed by atoms with Gasteiger partial charge in [0.1, 0.15) is 0 Å². The Bertz CT molecular complexity index is 535. The number of unbranched alkanes of at least 4 members (excludes halogenated alkanes) is 2. The lowest BCUT2D eigenvalue weighted by molar-refractivity contribution is -0.119. The minimum absolute atomic E-state index is 0.0400. The van der Waals surface area contributed by atoms with Gasteiger partial charge >= 0.3 is 0 Å². The quantitative estimate of drug-likeness (QED) is 0.498. The summed E-state index contributed by atoms with van der Waals surface area (Å²) in [5, 5.41) is 6.09. The fourth-order valence-electron chi connectivity index (χ4n) is 2.10. The molecule has 1 amide bonds. The van der Waals surface area contributed by atoms with Crippen molar-refractivity contribution in [2.24, 2.45) is 0 Å². The number of nitrogens with one attached hydrogen (secondary N) is 2. The van der Waals surface area contributed by atoms with Crippen LogP contribution in [0.2, 0.25) is 0 Å². The van der Waals surface area contributed by atoms with Crippen molar-refractivity contribution in [2.75, 3.05) is 13.7 Å². The molecule has 0 aliphatic carbocycles. The van der Waals surface area contributed by atoms with Crippen LogP contribution < -0.4 is 20.1 Å². The minimum atomic E-state index is -0.0400. The number of carbonyl (C=O) groups is 1. The second-order valence-corrected chi connectivity index (χ2v) is 5.93. The zero-order chi connectivity index (χ0) is 17.8. The maximum atomic E-state index is 11.7. The molecule has 1 rings (SSSR count). The third-order valence-corrected chi connectivity index (χ3v) is 3.65. The first kappa shape index (κ1) is 20.2. The maximum Gasteiger partial charge on any atom is 0.226 e. The number of carbonyl (C=O) groups excluding carboxylic acids is 1. The standard InChI is InChI=1S/C18H28N2O3S/c1-4-6-7-8-17(21)20-18(24)19-13-14-9-10-15(23-11-5-2)16(12-14)22-3/h9-10,12H,4-8,11,13H2,1-3H3,(H2,19,20,21,24). The van der Waals surface area contributed by atoms with E-state index in [4.69, 9.17) is 21.7 Å². The summed E-state index contributed by atoms with van der Waals surface area (Å²) in [6.07, 6.45) is 4.49. The first-order valence-corrected chi connectivity index (χ1v) is 8.88. The number of ether oxygens (including phenoxy) is 2. The van der Waals surface area contributed by atoms with E-state index in [1.54, 1.807) is 7.11 Å². The Morgan fingerprint density at radius 2 is 1.96 bits per heavy atom. The predicted molar refractivity (Wildman–Crippen MR) is 101 cm³/mol. The molecule has 0 heterocycles. The van der Waals surface area contributed by atoms with E-state index in [0.717, 1.165) is 37.0 Å². The van der Waals surface area contributed by atoms with Crippen molar-refractivity contribution in [3.05, 3.63) is 23.8 Å². The van der Waals surface area contributed by atoms with Crippen LogP contribution >= 0.6 is 12.2 Å². The van der Waals surface area contributed by atoms with E-state index in [0.29, 0.717) is 30.4 Å². The van der Waals surface area contributed by atoms with Gasteiger partial charge < -0.3 is 20.1 Å². The Kier molecular flexibility index (Phi) is 9.84. The summed E-state index contributed by atoms with van der Waals surface area (Å²) >= 11 is 5.15. The summed E-state index contributed by atoms with van der Waals surface area (Å²) < 4.78 is 11.0. The van der Waals surface area contributed by atoms with Crippen LogP contribution in [0.5, 0.6) is 11.5 Å². The Labute approximate surface area is 150 Å². The highest BCUT2D eigenvalue weighted by Gasteiger charge is 2.07. The smallest absolute Gasteiger partial charge is 0.226 e.